The number of sulfonamides is 1. The lowest BCUT2D eigenvalue weighted by Crippen LogP contribution is -2.45. The summed E-state index contributed by atoms with van der Waals surface area (Å²) < 4.78 is 39.2. The van der Waals surface area contributed by atoms with E-state index in [4.69, 9.17) is 9.47 Å². The van der Waals surface area contributed by atoms with Crippen molar-refractivity contribution in [2.75, 3.05) is 31.6 Å². The number of nitro groups is 1. The van der Waals surface area contributed by atoms with Crippen LogP contribution < -0.4 is 20.1 Å². The van der Waals surface area contributed by atoms with Gasteiger partial charge < -0.3 is 25.1 Å². The molecule has 0 saturated carbocycles. The van der Waals surface area contributed by atoms with Gasteiger partial charge in [0.2, 0.25) is 0 Å². The van der Waals surface area contributed by atoms with Crippen LogP contribution in [0.5, 0.6) is 11.5 Å². The Bertz CT molecular complexity index is 1630. The fraction of sp³-hybridized carbons (Fsp3) is 0.200. The maximum Gasteiger partial charge on any atom is 0.293 e. The van der Waals surface area contributed by atoms with Crippen LogP contribution in [0.4, 0.5) is 11.4 Å². The normalized spacial score (nSPS) is 15.5. The predicted molar refractivity (Wildman–Crippen MR) is 141 cm³/mol. The van der Waals surface area contributed by atoms with E-state index in [0.717, 1.165) is 11.5 Å². The van der Waals surface area contributed by atoms with Crippen LogP contribution in [0.1, 0.15) is 10.4 Å². The molecular weight excluding hydrogens is 528 g/mol. The summed E-state index contributed by atoms with van der Waals surface area (Å²) >= 11 is 0. The summed E-state index contributed by atoms with van der Waals surface area (Å²) in [4.78, 5) is 30.8. The summed E-state index contributed by atoms with van der Waals surface area (Å²) in [5.74, 6) is -0.513. The topological polar surface area (TPSA) is 178 Å². The van der Waals surface area contributed by atoms with Gasteiger partial charge in [-0.15, -0.1) is 0 Å². The average molecular weight is 553 g/mol. The van der Waals surface area contributed by atoms with Gasteiger partial charge in [0, 0.05) is 36.8 Å². The smallest absolute Gasteiger partial charge is 0.293 e. The molecule has 14 heteroatoms. The number of para-hydroxylation sites is 1. The number of amides is 1. The first-order valence-corrected chi connectivity index (χ1v) is 13.4. The first kappa shape index (κ1) is 26.1. The average Bonchev–Trinajstić information content (AvgIpc) is 3.40. The van der Waals surface area contributed by atoms with Crippen LogP contribution in [0.15, 0.2) is 71.9 Å². The van der Waals surface area contributed by atoms with E-state index in [-0.39, 0.29) is 23.0 Å². The van der Waals surface area contributed by atoms with E-state index in [1.54, 1.807) is 24.4 Å². The Labute approximate surface area is 222 Å². The van der Waals surface area contributed by atoms with Gasteiger partial charge in [0.1, 0.15) is 22.8 Å². The molecule has 2 aromatic heterocycles. The van der Waals surface area contributed by atoms with Crippen LogP contribution in [0.3, 0.4) is 0 Å². The highest BCUT2D eigenvalue weighted by Crippen LogP contribution is 2.29. The summed E-state index contributed by atoms with van der Waals surface area (Å²) in [5, 5.41) is 18.7. The molecule has 3 heterocycles. The number of morpholine rings is 1. The zero-order valence-corrected chi connectivity index (χ0v) is 21.2. The molecule has 2 aromatic carbocycles. The quantitative estimate of drug-likeness (QED) is 0.178. The zero-order chi connectivity index (χ0) is 27.4. The molecular formula is C25H24N6O7S. The van der Waals surface area contributed by atoms with Crippen molar-refractivity contribution in [1.82, 2.24) is 20.0 Å². The van der Waals surface area contributed by atoms with Crippen molar-refractivity contribution in [1.29, 1.82) is 0 Å². The number of nitrogens with one attached hydrogen (secondary N) is 4. The van der Waals surface area contributed by atoms with Crippen LogP contribution in [0.25, 0.3) is 11.0 Å². The van der Waals surface area contributed by atoms with Gasteiger partial charge in [0.15, 0.2) is 0 Å². The van der Waals surface area contributed by atoms with Crippen molar-refractivity contribution >= 4 is 38.3 Å². The SMILES string of the molecule is O=C(NS(=O)(=O)c1ccc(NC[C@H]2COCCN2)c([N+](=O)[O-])c1)c1ccccc1Oc1cnc2[nH]ccc2c1. The summed E-state index contributed by atoms with van der Waals surface area (Å²) in [6.45, 7) is 2.04. The van der Waals surface area contributed by atoms with Crippen LogP contribution in [-0.4, -0.2) is 61.6 Å². The lowest BCUT2D eigenvalue weighted by atomic mass is 10.2. The highest BCUT2D eigenvalue weighted by molar-refractivity contribution is 7.90. The van der Waals surface area contributed by atoms with Crippen molar-refractivity contribution in [2.45, 2.75) is 10.9 Å². The molecule has 0 unspecified atom stereocenters. The Morgan fingerprint density at radius 2 is 2.05 bits per heavy atom. The number of anilines is 1. The molecule has 0 aliphatic carbocycles. The van der Waals surface area contributed by atoms with Gasteiger partial charge in [-0.2, -0.15) is 0 Å². The third-order valence-electron chi connectivity index (χ3n) is 5.98. The Morgan fingerprint density at radius 3 is 2.85 bits per heavy atom. The summed E-state index contributed by atoms with van der Waals surface area (Å²) in [6, 6.07) is 13.0. The summed E-state index contributed by atoms with van der Waals surface area (Å²) in [6.07, 6.45) is 3.19. The Hall–Kier alpha value is -4.53. The van der Waals surface area contributed by atoms with Crippen LogP contribution >= 0.6 is 0 Å². The standard InChI is InChI=1S/C25H24N6O7S/c32-25(20-3-1-2-4-23(20)38-18-11-16-7-8-27-24(16)29-14-18)30-39(35,36)19-5-6-21(22(12-19)31(33)34)28-13-17-15-37-10-9-26-17/h1-8,11-12,14,17,26,28H,9-10,13,15H2,(H,27,29)(H,30,32)/t17-/m0/s1. The number of carbonyl (C=O) groups excluding carboxylic acids is 1. The zero-order valence-electron chi connectivity index (χ0n) is 20.4. The highest BCUT2D eigenvalue weighted by atomic mass is 32.2. The van der Waals surface area contributed by atoms with Gasteiger partial charge in [-0.05, 0) is 36.4 Å². The summed E-state index contributed by atoms with van der Waals surface area (Å²) in [7, 11) is -4.46. The molecule has 0 bridgehead atoms. The van der Waals surface area contributed by atoms with Gasteiger partial charge >= 0.3 is 0 Å². The number of carbonyl (C=O) groups is 1. The molecule has 1 atom stereocenters. The molecule has 202 valence electrons. The Morgan fingerprint density at radius 1 is 1.21 bits per heavy atom. The fourth-order valence-electron chi connectivity index (χ4n) is 4.04. The number of hydrogen-bond acceptors (Lipinski definition) is 10. The van der Waals surface area contributed by atoms with Gasteiger partial charge in [-0.1, -0.05) is 12.1 Å². The Balaban J connectivity index is 1.33. The van der Waals surface area contributed by atoms with Gasteiger partial charge in [0.25, 0.3) is 21.6 Å². The molecule has 4 N–H and O–H groups in total. The number of aromatic amines is 1. The first-order valence-electron chi connectivity index (χ1n) is 11.9. The molecule has 1 amide bonds. The van der Waals surface area contributed by atoms with Crippen molar-refractivity contribution in [3.8, 4) is 11.5 Å². The third kappa shape index (κ3) is 5.98. The maximum absolute atomic E-state index is 13.0. The van der Waals surface area contributed by atoms with Crippen LogP contribution in [0.2, 0.25) is 0 Å². The second kappa shape index (κ2) is 11.1. The molecule has 13 nitrogen and oxygen atoms in total. The van der Waals surface area contributed by atoms with Crippen molar-refractivity contribution in [3.05, 3.63) is 82.7 Å². The number of ether oxygens (including phenoxy) is 2. The molecule has 1 aliphatic rings. The minimum atomic E-state index is -4.46. The van der Waals surface area contributed by atoms with Crippen LogP contribution in [0, 0.1) is 10.1 Å². The minimum Gasteiger partial charge on any atom is -0.455 e. The van der Waals surface area contributed by atoms with Crippen molar-refractivity contribution in [3.63, 3.8) is 0 Å². The van der Waals surface area contributed by atoms with E-state index in [2.05, 4.69) is 20.6 Å². The molecule has 5 rings (SSSR count). The van der Waals surface area contributed by atoms with Crippen molar-refractivity contribution < 1.29 is 27.6 Å². The van der Waals surface area contributed by atoms with E-state index in [1.807, 2.05) is 10.8 Å². The third-order valence-corrected chi connectivity index (χ3v) is 7.30. The van der Waals surface area contributed by atoms with E-state index >= 15 is 0 Å². The number of pyridine rings is 1. The van der Waals surface area contributed by atoms with E-state index in [0.29, 0.717) is 37.7 Å². The minimum absolute atomic E-state index is 0.0507. The molecule has 1 aliphatic heterocycles. The number of nitro benzene ring substituents is 1. The lowest BCUT2D eigenvalue weighted by molar-refractivity contribution is -0.384. The van der Waals surface area contributed by atoms with E-state index < -0.39 is 31.4 Å². The Kier molecular flexibility index (Phi) is 7.40. The molecule has 0 spiro atoms. The fourth-order valence-corrected chi connectivity index (χ4v) is 5.03. The van der Waals surface area contributed by atoms with Gasteiger partial charge in [0.05, 0.1) is 34.8 Å². The monoisotopic (exact) mass is 552 g/mol. The van der Waals surface area contributed by atoms with Gasteiger partial charge in [-0.3, -0.25) is 14.9 Å². The first-order chi connectivity index (χ1) is 18.8. The number of rotatable bonds is 9. The molecule has 39 heavy (non-hydrogen) atoms. The largest absolute Gasteiger partial charge is 0.455 e. The van der Waals surface area contributed by atoms with E-state index in [9.17, 15) is 23.3 Å². The molecule has 1 fully saturated rings. The molecule has 0 radical (unpaired) electrons. The predicted octanol–water partition coefficient (Wildman–Crippen LogP) is 2.78. The van der Waals surface area contributed by atoms with Gasteiger partial charge in [-0.25, -0.2) is 18.1 Å². The molecule has 4 aromatic rings. The lowest BCUT2D eigenvalue weighted by Gasteiger charge is -2.24. The van der Waals surface area contributed by atoms with E-state index in [1.165, 1.54) is 30.5 Å². The van der Waals surface area contributed by atoms with Crippen molar-refractivity contribution in [2.24, 2.45) is 0 Å². The summed E-state index contributed by atoms with van der Waals surface area (Å²) in [5.41, 5.74) is 0.308. The second-order valence-electron chi connectivity index (χ2n) is 8.66. The number of benzene rings is 2. The van der Waals surface area contributed by atoms with Crippen LogP contribution in [-0.2, 0) is 14.8 Å². The number of hydrogen-bond donors (Lipinski definition) is 4. The number of fused-ring (bicyclic) bond motifs is 1. The molecule has 1 saturated heterocycles. The second-order valence-corrected chi connectivity index (χ2v) is 10.3. The number of H-pyrrole nitrogens is 1. The number of nitrogens with zero attached hydrogens (tertiary/aromatic N) is 2. The maximum atomic E-state index is 13.0. The number of aromatic nitrogens is 2. The highest BCUT2D eigenvalue weighted by Gasteiger charge is 2.25.